The summed E-state index contributed by atoms with van der Waals surface area (Å²) in [5.41, 5.74) is 0. The molecule has 0 bridgehead atoms. The van der Waals surface area contributed by atoms with Crippen molar-refractivity contribution in [2.24, 2.45) is 0 Å². The SMILES string of the molecule is CCCCCCCCCC/C=C\CCCCCCCCCCCCCC(=O)NC(COP(=O)(O)OCC[N+](C)(C)C)C(O)/C=C/CCCCCCCCCCCCCC. The van der Waals surface area contributed by atoms with Gasteiger partial charge in [-0.05, 0) is 44.9 Å². The van der Waals surface area contributed by atoms with Gasteiger partial charge in [-0.15, -0.1) is 0 Å². The number of hydrogen-bond donors (Lipinski definition) is 3. The Bertz CT molecular complexity index is 1020. The van der Waals surface area contributed by atoms with E-state index in [0.29, 0.717) is 17.4 Å². The molecule has 1 amide bonds. The Kier molecular flexibility index (Phi) is 41.6. The van der Waals surface area contributed by atoms with Gasteiger partial charge in [0.1, 0.15) is 13.2 Å². The Labute approximate surface area is 366 Å². The van der Waals surface area contributed by atoms with Crippen molar-refractivity contribution in [3.8, 4) is 0 Å². The van der Waals surface area contributed by atoms with Crippen molar-refractivity contribution in [2.75, 3.05) is 40.9 Å². The fourth-order valence-electron chi connectivity index (χ4n) is 7.39. The number of unbranched alkanes of at least 4 members (excludes halogenated alkanes) is 31. The lowest BCUT2D eigenvalue weighted by Crippen LogP contribution is -2.45. The van der Waals surface area contributed by atoms with E-state index in [-0.39, 0.29) is 19.1 Å². The molecule has 0 aliphatic carbocycles. The molecule has 0 saturated carbocycles. The molecule has 3 unspecified atom stereocenters. The number of rotatable bonds is 46. The smallest absolute Gasteiger partial charge is 0.387 e. The first-order chi connectivity index (χ1) is 28.5. The average Bonchev–Trinajstić information content (AvgIpc) is 3.19. The molecule has 0 aliphatic rings. The van der Waals surface area contributed by atoms with Gasteiger partial charge in [0, 0.05) is 6.42 Å². The van der Waals surface area contributed by atoms with E-state index in [1.807, 2.05) is 27.2 Å². The van der Waals surface area contributed by atoms with Gasteiger partial charge in [-0.1, -0.05) is 212 Å². The zero-order chi connectivity index (χ0) is 43.6. The summed E-state index contributed by atoms with van der Waals surface area (Å²) in [6.07, 6.45) is 51.1. The summed E-state index contributed by atoms with van der Waals surface area (Å²) in [7, 11) is 1.58. The number of aliphatic hydroxyl groups is 1. The summed E-state index contributed by atoms with van der Waals surface area (Å²) in [5.74, 6) is -0.176. The van der Waals surface area contributed by atoms with Crippen LogP contribution < -0.4 is 5.32 Å². The fourth-order valence-corrected chi connectivity index (χ4v) is 8.13. The van der Waals surface area contributed by atoms with Gasteiger partial charge in [-0.3, -0.25) is 13.8 Å². The van der Waals surface area contributed by atoms with Crippen molar-refractivity contribution in [3.63, 3.8) is 0 Å². The van der Waals surface area contributed by atoms with Gasteiger partial charge in [-0.25, -0.2) is 4.57 Å². The summed E-state index contributed by atoms with van der Waals surface area (Å²) >= 11 is 0. The minimum Gasteiger partial charge on any atom is -0.387 e. The Hall–Kier alpha value is -1.02. The van der Waals surface area contributed by atoms with Gasteiger partial charge in [0.25, 0.3) is 0 Å². The number of likely N-dealkylation sites (N-methyl/N-ethyl adjacent to an activating group) is 1. The predicted octanol–water partition coefficient (Wildman–Crippen LogP) is 14.5. The molecule has 0 spiro atoms. The highest BCUT2D eigenvalue weighted by molar-refractivity contribution is 7.47. The molecule has 0 aliphatic heterocycles. The van der Waals surface area contributed by atoms with Gasteiger partial charge in [0.05, 0.1) is 39.9 Å². The average molecular weight is 856 g/mol. The number of nitrogens with one attached hydrogen (secondary N) is 1. The van der Waals surface area contributed by atoms with E-state index in [4.69, 9.17) is 9.05 Å². The minimum absolute atomic E-state index is 0.0628. The topological polar surface area (TPSA) is 105 Å². The monoisotopic (exact) mass is 856 g/mol. The molecule has 9 heteroatoms. The maximum absolute atomic E-state index is 12.9. The lowest BCUT2D eigenvalue weighted by molar-refractivity contribution is -0.870. The highest BCUT2D eigenvalue weighted by Crippen LogP contribution is 2.43. The maximum Gasteiger partial charge on any atom is 0.472 e. The van der Waals surface area contributed by atoms with Crippen molar-refractivity contribution in [1.82, 2.24) is 5.32 Å². The van der Waals surface area contributed by atoms with Crippen LogP contribution in [0.3, 0.4) is 0 Å². The van der Waals surface area contributed by atoms with Crippen molar-refractivity contribution in [3.05, 3.63) is 24.3 Å². The van der Waals surface area contributed by atoms with E-state index >= 15 is 0 Å². The number of phosphoric ester groups is 1. The fraction of sp³-hybridized carbons (Fsp3) is 0.900. The third-order valence-corrected chi connectivity index (χ3v) is 12.4. The summed E-state index contributed by atoms with van der Waals surface area (Å²) in [4.78, 5) is 23.2. The first-order valence-corrected chi connectivity index (χ1v) is 26.7. The summed E-state index contributed by atoms with van der Waals surface area (Å²) in [6.45, 7) is 4.83. The van der Waals surface area contributed by atoms with Crippen molar-refractivity contribution < 1.29 is 32.9 Å². The van der Waals surface area contributed by atoms with Crippen LogP contribution in [0.25, 0.3) is 0 Å². The second-order valence-corrected chi connectivity index (χ2v) is 20.0. The second kappa shape index (κ2) is 42.3. The van der Waals surface area contributed by atoms with Gasteiger partial charge in [-0.2, -0.15) is 0 Å². The van der Waals surface area contributed by atoms with Crippen LogP contribution in [-0.2, 0) is 18.4 Å². The number of quaternary nitrogens is 1. The Balaban J connectivity index is 4.25. The highest BCUT2D eigenvalue weighted by atomic mass is 31.2. The molecular weight excluding hydrogens is 756 g/mol. The van der Waals surface area contributed by atoms with Crippen molar-refractivity contribution in [1.29, 1.82) is 0 Å². The van der Waals surface area contributed by atoms with Gasteiger partial charge >= 0.3 is 7.82 Å². The molecule has 0 radical (unpaired) electrons. The summed E-state index contributed by atoms with van der Waals surface area (Å²) < 4.78 is 23.6. The normalized spacial score (nSPS) is 14.4. The van der Waals surface area contributed by atoms with Crippen LogP contribution in [0.15, 0.2) is 24.3 Å². The van der Waals surface area contributed by atoms with Crippen LogP contribution in [0.4, 0.5) is 0 Å². The van der Waals surface area contributed by atoms with Crippen molar-refractivity contribution in [2.45, 2.75) is 251 Å². The minimum atomic E-state index is -4.34. The molecule has 0 heterocycles. The van der Waals surface area contributed by atoms with Crippen LogP contribution in [-0.4, -0.2) is 73.4 Å². The Morgan fingerprint density at radius 1 is 0.559 bits per heavy atom. The second-order valence-electron chi connectivity index (χ2n) is 18.5. The Morgan fingerprint density at radius 3 is 1.31 bits per heavy atom. The third kappa shape index (κ3) is 44.8. The molecule has 59 heavy (non-hydrogen) atoms. The van der Waals surface area contributed by atoms with Crippen molar-refractivity contribution >= 4 is 13.7 Å². The van der Waals surface area contributed by atoms with Gasteiger partial charge in [0.15, 0.2) is 0 Å². The molecular formula is C50H100N2O6P+. The molecule has 3 N–H and O–H groups in total. The zero-order valence-corrected chi connectivity index (χ0v) is 40.7. The molecule has 8 nitrogen and oxygen atoms in total. The van der Waals surface area contributed by atoms with Crippen LogP contribution in [0.1, 0.15) is 239 Å². The third-order valence-electron chi connectivity index (χ3n) is 11.4. The van der Waals surface area contributed by atoms with E-state index in [0.717, 1.165) is 38.5 Å². The molecule has 0 aromatic rings. The number of amides is 1. The molecule has 3 atom stereocenters. The maximum atomic E-state index is 12.9. The summed E-state index contributed by atoms with van der Waals surface area (Å²) in [5, 5.41) is 13.9. The quantitative estimate of drug-likeness (QED) is 0.0244. The van der Waals surface area contributed by atoms with Crippen LogP contribution in [0, 0.1) is 0 Å². The molecule has 0 aromatic heterocycles. The van der Waals surface area contributed by atoms with Gasteiger partial charge < -0.3 is 19.8 Å². The van der Waals surface area contributed by atoms with Crippen LogP contribution in [0.5, 0.6) is 0 Å². The number of carbonyl (C=O) groups excluding carboxylic acids is 1. The highest BCUT2D eigenvalue weighted by Gasteiger charge is 2.27. The lowest BCUT2D eigenvalue weighted by Gasteiger charge is -2.25. The standard InChI is InChI=1S/C50H99N2O6P/c1-6-8-10-12-14-16-18-20-22-23-24-25-26-27-28-29-30-32-34-36-38-40-42-44-50(54)51-48(47-58-59(55,56)57-46-45-52(3,4)5)49(53)43-41-39-37-35-33-31-21-19-17-15-13-11-9-7-2/h23-24,41,43,48-49,53H,6-22,25-40,42,44-47H2,1-5H3,(H-,51,54,55,56)/p+1/b24-23-,43-41+. The van der Waals surface area contributed by atoms with E-state index in [1.54, 1.807) is 6.08 Å². The number of nitrogens with zero attached hydrogens (tertiary/aromatic N) is 1. The molecule has 350 valence electrons. The molecule has 0 aromatic carbocycles. The van der Waals surface area contributed by atoms with E-state index < -0.39 is 20.0 Å². The van der Waals surface area contributed by atoms with E-state index in [9.17, 15) is 19.4 Å². The first-order valence-electron chi connectivity index (χ1n) is 25.2. The number of carbonyl (C=O) groups is 1. The number of aliphatic hydroxyl groups excluding tert-OH is 1. The van der Waals surface area contributed by atoms with Crippen LogP contribution in [0.2, 0.25) is 0 Å². The lowest BCUT2D eigenvalue weighted by atomic mass is 10.0. The molecule has 0 rings (SSSR count). The zero-order valence-electron chi connectivity index (χ0n) is 39.8. The molecule has 0 fully saturated rings. The summed E-state index contributed by atoms with van der Waals surface area (Å²) in [6, 6.07) is -0.843. The van der Waals surface area contributed by atoms with Crippen LogP contribution >= 0.6 is 7.82 Å². The number of allylic oxidation sites excluding steroid dienone is 3. The van der Waals surface area contributed by atoms with E-state index in [2.05, 4.69) is 31.3 Å². The van der Waals surface area contributed by atoms with E-state index in [1.165, 1.54) is 180 Å². The largest absolute Gasteiger partial charge is 0.472 e. The van der Waals surface area contributed by atoms with Gasteiger partial charge in [0.2, 0.25) is 5.91 Å². The molecule has 0 saturated heterocycles. The first kappa shape index (κ1) is 58.0. The predicted molar refractivity (Wildman–Crippen MR) is 254 cm³/mol. The Morgan fingerprint density at radius 2 is 0.915 bits per heavy atom. The number of hydrogen-bond acceptors (Lipinski definition) is 5. The number of phosphoric acid groups is 1.